The summed E-state index contributed by atoms with van der Waals surface area (Å²) in [5, 5.41) is 5.23. The van der Waals surface area contributed by atoms with Gasteiger partial charge in [-0.15, -0.1) is 0 Å². The van der Waals surface area contributed by atoms with E-state index in [0.717, 1.165) is 5.56 Å². The van der Waals surface area contributed by atoms with Crippen molar-refractivity contribution in [1.29, 1.82) is 0 Å². The summed E-state index contributed by atoms with van der Waals surface area (Å²) in [6.07, 6.45) is 0. The molecule has 0 aliphatic carbocycles. The van der Waals surface area contributed by atoms with Gasteiger partial charge in [-0.1, -0.05) is 0 Å². The highest BCUT2D eigenvalue weighted by atomic mass is 16.5. The molecule has 2 aromatic rings. The van der Waals surface area contributed by atoms with Gasteiger partial charge in [-0.05, 0) is 31.2 Å². The van der Waals surface area contributed by atoms with Crippen LogP contribution in [0.4, 0.5) is 5.69 Å². The number of amides is 2. The maximum atomic E-state index is 12.4. The van der Waals surface area contributed by atoms with E-state index < -0.39 is 5.56 Å². The Hall–Kier alpha value is -3.29. The smallest absolute Gasteiger partial charge is 0.274 e. The van der Waals surface area contributed by atoms with Crippen LogP contribution in [0.5, 0.6) is 11.5 Å². The lowest BCUT2D eigenvalue weighted by atomic mass is 10.2. The quantitative estimate of drug-likeness (QED) is 0.765. The van der Waals surface area contributed by atoms with Gasteiger partial charge in [-0.2, -0.15) is 0 Å². The van der Waals surface area contributed by atoms with Crippen LogP contribution in [0.3, 0.4) is 0 Å². The van der Waals surface area contributed by atoms with Gasteiger partial charge in [0.15, 0.2) is 0 Å². The minimum Gasteiger partial charge on any atom is -0.497 e. The molecule has 2 amide bonds. The van der Waals surface area contributed by atoms with Gasteiger partial charge in [0.2, 0.25) is 11.8 Å². The van der Waals surface area contributed by atoms with E-state index in [0.29, 0.717) is 17.2 Å². The number of pyridine rings is 1. The van der Waals surface area contributed by atoms with Crippen molar-refractivity contribution >= 4 is 17.5 Å². The summed E-state index contributed by atoms with van der Waals surface area (Å²) in [7, 11) is 3.10. The van der Waals surface area contributed by atoms with Gasteiger partial charge >= 0.3 is 0 Å². The van der Waals surface area contributed by atoms with E-state index in [9.17, 15) is 14.4 Å². The van der Waals surface area contributed by atoms with E-state index in [-0.39, 0.29) is 30.6 Å². The third-order valence-electron chi connectivity index (χ3n) is 3.98. The SMILES string of the molecule is COc1ccc(CNC(=O)Cn2c(C)ccc(NC(C)=O)c2=O)c(OC)c1. The zero-order valence-electron chi connectivity index (χ0n) is 15.8. The lowest BCUT2D eigenvalue weighted by molar-refractivity contribution is -0.122. The third-order valence-corrected chi connectivity index (χ3v) is 3.98. The summed E-state index contributed by atoms with van der Waals surface area (Å²) < 4.78 is 11.8. The van der Waals surface area contributed by atoms with Crippen LogP contribution in [0.2, 0.25) is 0 Å². The fourth-order valence-corrected chi connectivity index (χ4v) is 2.54. The molecule has 0 atom stereocenters. The fourth-order valence-electron chi connectivity index (χ4n) is 2.54. The van der Waals surface area contributed by atoms with E-state index in [4.69, 9.17) is 9.47 Å². The normalized spacial score (nSPS) is 10.2. The Kier molecular flexibility index (Phi) is 6.59. The summed E-state index contributed by atoms with van der Waals surface area (Å²) in [6.45, 7) is 3.12. The molecule has 0 saturated carbocycles. The molecule has 1 aromatic heterocycles. The number of rotatable bonds is 7. The second-order valence-corrected chi connectivity index (χ2v) is 5.92. The second-order valence-electron chi connectivity index (χ2n) is 5.92. The van der Waals surface area contributed by atoms with E-state index in [1.165, 1.54) is 24.7 Å². The molecule has 0 fully saturated rings. The van der Waals surface area contributed by atoms with Crippen LogP contribution in [0.15, 0.2) is 35.1 Å². The number of methoxy groups -OCH3 is 2. The Morgan fingerprint density at radius 1 is 1.11 bits per heavy atom. The molecule has 0 aliphatic rings. The third kappa shape index (κ3) is 5.10. The predicted molar refractivity (Wildman–Crippen MR) is 101 cm³/mol. The maximum Gasteiger partial charge on any atom is 0.274 e. The number of hydrogen-bond donors (Lipinski definition) is 2. The van der Waals surface area contributed by atoms with Gasteiger partial charge in [0.25, 0.3) is 5.56 Å². The molecule has 0 spiro atoms. The zero-order valence-corrected chi connectivity index (χ0v) is 15.8. The number of anilines is 1. The molecular weight excluding hydrogens is 350 g/mol. The molecule has 1 aromatic carbocycles. The van der Waals surface area contributed by atoms with Gasteiger partial charge in [0.1, 0.15) is 23.7 Å². The first-order valence-corrected chi connectivity index (χ1v) is 8.31. The Bertz CT molecular complexity index is 905. The van der Waals surface area contributed by atoms with Gasteiger partial charge < -0.3 is 24.7 Å². The van der Waals surface area contributed by atoms with Gasteiger partial charge in [-0.25, -0.2) is 0 Å². The topological polar surface area (TPSA) is 98.7 Å². The standard InChI is InChI=1S/C19H23N3O5/c1-12-5-8-16(21-13(2)23)19(25)22(12)11-18(24)20-10-14-6-7-15(26-3)9-17(14)27-4/h5-9H,10-11H2,1-4H3,(H,20,24)(H,21,23). The molecule has 8 heteroatoms. The number of aryl methyl sites for hydroxylation is 1. The summed E-state index contributed by atoms with van der Waals surface area (Å²) in [5.41, 5.74) is 1.11. The number of nitrogens with zero attached hydrogens (tertiary/aromatic N) is 1. The van der Waals surface area contributed by atoms with Gasteiger partial charge in [-0.3, -0.25) is 14.4 Å². The van der Waals surface area contributed by atoms with Crippen molar-refractivity contribution in [3.8, 4) is 11.5 Å². The zero-order chi connectivity index (χ0) is 20.0. The molecule has 8 nitrogen and oxygen atoms in total. The average Bonchev–Trinajstić information content (AvgIpc) is 2.65. The van der Waals surface area contributed by atoms with Crippen molar-refractivity contribution in [1.82, 2.24) is 9.88 Å². The van der Waals surface area contributed by atoms with Gasteiger partial charge in [0, 0.05) is 30.8 Å². The van der Waals surface area contributed by atoms with Crippen LogP contribution >= 0.6 is 0 Å². The molecule has 0 bridgehead atoms. The predicted octanol–water partition coefficient (Wildman–Crippen LogP) is 1.45. The number of carbonyl (C=O) groups is 2. The average molecular weight is 373 g/mol. The van der Waals surface area contributed by atoms with Crippen LogP contribution in [-0.4, -0.2) is 30.6 Å². The van der Waals surface area contributed by atoms with Crippen LogP contribution < -0.4 is 25.7 Å². The molecule has 1 heterocycles. The summed E-state index contributed by atoms with van der Waals surface area (Å²) in [4.78, 5) is 36.0. The minimum absolute atomic E-state index is 0.137. The van der Waals surface area contributed by atoms with Crippen molar-refractivity contribution in [3.05, 3.63) is 51.9 Å². The van der Waals surface area contributed by atoms with Crippen molar-refractivity contribution in [3.63, 3.8) is 0 Å². The Labute approximate surface area is 157 Å². The monoisotopic (exact) mass is 373 g/mol. The van der Waals surface area contributed by atoms with Crippen molar-refractivity contribution in [2.75, 3.05) is 19.5 Å². The summed E-state index contributed by atoms with van der Waals surface area (Å²) >= 11 is 0. The van der Waals surface area contributed by atoms with E-state index in [1.54, 1.807) is 38.3 Å². The van der Waals surface area contributed by atoms with Crippen molar-refractivity contribution < 1.29 is 19.1 Å². The first kappa shape index (κ1) is 20.0. The summed E-state index contributed by atoms with van der Waals surface area (Å²) in [5.74, 6) is 0.561. The van der Waals surface area contributed by atoms with Crippen molar-refractivity contribution in [2.24, 2.45) is 0 Å². The number of aromatic nitrogens is 1. The molecule has 2 rings (SSSR count). The van der Waals surface area contributed by atoms with E-state index in [1.807, 2.05) is 0 Å². The van der Waals surface area contributed by atoms with Crippen LogP contribution in [0.1, 0.15) is 18.2 Å². The number of carbonyl (C=O) groups excluding carboxylic acids is 2. The van der Waals surface area contributed by atoms with Crippen LogP contribution in [0.25, 0.3) is 0 Å². The Balaban J connectivity index is 2.10. The summed E-state index contributed by atoms with van der Waals surface area (Å²) in [6, 6.07) is 8.50. The Morgan fingerprint density at radius 2 is 1.85 bits per heavy atom. The van der Waals surface area contributed by atoms with E-state index in [2.05, 4.69) is 10.6 Å². The number of hydrogen-bond acceptors (Lipinski definition) is 5. The number of nitrogens with one attached hydrogen (secondary N) is 2. The largest absolute Gasteiger partial charge is 0.497 e. The van der Waals surface area contributed by atoms with Gasteiger partial charge in [0.05, 0.1) is 14.2 Å². The molecule has 0 unspecified atom stereocenters. The lowest BCUT2D eigenvalue weighted by Crippen LogP contribution is -2.34. The lowest BCUT2D eigenvalue weighted by Gasteiger charge is -2.14. The van der Waals surface area contributed by atoms with Crippen molar-refractivity contribution in [2.45, 2.75) is 26.9 Å². The molecular formula is C19H23N3O5. The molecule has 27 heavy (non-hydrogen) atoms. The molecule has 0 saturated heterocycles. The molecule has 144 valence electrons. The molecule has 0 radical (unpaired) electrons. The molecule has 0 aliphatic heterocycles. The fraction of sp³-hybridized carbons (Fsp3) is 0.316. The highest BCUT2D eigenvalue weighted by Gasteiger charge is 2.12. The minimum atomic E-state index is -0.428. The first-order chi connectivity index (χ1) is 12.8. The number of ether oxygens (including phenoxy) is 2. The maximum absolute atomic E-state index is 12.4. The highest BCUT2D eigenvalue weighted by Crippen LogP contribution is 2.24. The van der Waals surface area contributed by atoms with E-state index >= 15 is 0 Å². The van der Waals surface area contributed by atoms with Crippen LogP contribution in [-0.2, 0) is 22.7 Å². The van der Waals surface area contributed by atoms with Crippen LogP contribution in [0, 0.1) is 6.92 Å². The highest BCUT2D eigenvalue weighted by molar-refractivity contribution is 5.88. The Morgan fingerprint density at radius 3 is 2.48 bits per heavy atom. The second kappa shape index (κ2) is 8.88. The molecule has 2 N–H and O–H groups in total. The number of benzene rings is 1. The first-order valence-electron chi connectivity index (χ1n) is 8.31.